The van der Waals surface area contributed by atoms with Crippen LogP contribution < -0.4 is 16.4 Å². The molecule has 0 aliphatic heterocycles. The number of carboxylic acids is 1. The van der Waals surface area contributed by atoms with E-state index in [1.54, 1.807) is 83.6 Å². The quantitative estimate of drug-likeness (QED) is 0.268. The van der Waals surface area contributed by atoms with Crippen LogP contribution in [0.15, 0.2) is 91.3 Å². The van der Waals surface area contributed by atoms with Crippen LogP contribution in [0.5, 0.6) is 0 Å². The van der Waals surface area contributed by atoms with Crippen molar-refractivity contribution in [3.63, 3.8) is 0 Å². The maximum absolute atomic E-state index is 12.4. The second-order valence-corrected chi connectivity index (χ2v) is 7.80. The molecule has 0 unspecified atom stereocenters. The lowest BCUT2D eigenvalue weighted by atomic mass is 10.1. The van der Waals surface area contributed by atoms with Gasteiger partial charge in [0.1, 0.15) is 5.82 Å². The van der Waals surface area contributed by atoms with Crippen LogP contribution in [0.4, 0.5) is 22.9 Å². The Hall–Kier alpha value is -5.18. The summed E-state index contributed by atoms with van der Waals surface area (Å²) in [6.07, 6.45) is 3.49. The van der Waals surface area contributed by atoms with Gasteiger partial charge in [-0.1, -0.05) is 12.1 Å². The highest BCUT2D eigenvalue weighted by atomic mass is 16.4. The first-order valence-electron chi connectivity index (χ1n) is 10.7. The third-order valence-electron chi connectivity index (χ3n) is 5.40. The van der Waals surface area contributed by atoms with E-state index in [1.165, 1.54) is 0 Å². The molecule has 0 radical (unpaired) electrons. The summed E-state index contributed by atoms with van der Waals surface area (Å²) in [5, 5.41) is 19.6. The number of hydrogen-bond donors (Lipinski definition) is 4. The molecule has 0 atom stereocenters. The molecule has 0 fully saturated rings. The minimum absolute atomic E-state index is 0.216. The third kappa shape index (κ3) is 4.64. The van der Waals surface area contributed by atoms with Crippen molar-refractivity contribution in [1.82, 2.24) is 14.6 Å². The lowest BCUT2D eigenvalue weighted by Gasteiger charge is -2.09. The van der Waals surface area contributed by atoms with Gasteiger partial charge in [-0.3, -0.25) is 4.79 Å². The van der Waals surface area contributed by atoms with Crippen LogP contribution in [0.3, 0.4) is 0 Å². The number of carbonyl (C=O) groups excluding carboxylic acids is 1. The van der Waals surface area contributed by atoms with Crippen molar-refractivity contribution >= 4 is 40.4 Å². The molecule has 3 aromatic carbocycles. The molecule has 0 saturated heterocycles. The van der Waals surface area contributed by atoms with Crippen LogP contribution in [0, 0.1) is 0 Å². The number of aromatic nitrogens is 3. The SMILES string of the molecule is Nc1ccc(C(=O)Nc2ccc(Nc3ccn4ncc(-c5ccc(C(=O)O)cc5)c4n3)cc2)cc1. The number of aromatic carboxylic acids is 1. The van der Waals surface area contributed by atoms with E-state index >= 15 is 0 Å². The average Bonchev–Trinajstić information content (AvgIpc) is 3.29. The largest absolute Gasteiger partial charge is 0.478 e. The lowest BCUT2D eigenvalue weighted by molar-refractivity contribution is 0.0696. The number of carbonyl (C=O) groups is 2. The maximum Gasteiger partial charge on any atom is 0.335 e. The molecule has 172 valence electrons. The van der Waals surface area contributed by atoms with Gasteiger partial charge in [0.25, 0.3) is 5.91 Å². The summed E-state index contributed by atoms with van der Waals surface area (Å²) >= 11 is 0. The van der Waals surface area contributed by atoms with Crippen molar-refractivity contribution in [3.05, 3.63) is 102 Å². The van der Waals surface area contributed by atoms with E-state index in [0.717, 1.165) is 16.8 Å². The number of nitrogens with one attached hydrogen (secondary N) is 2. The standard InChI is InChI=1S/C26H20N6O3/c27-19-7-5-17(6-8-19)25(33)30-21-11-9-20(10-12-21)29-23-13-14-32-24(31-23)22(15-28-32)16-1-3-18(4-2-16)26(34)35/h1-15H,27H2,(H,29,31)(H,30,33)(H,34,35). The molecule has 0 aliphatic carbocycles. The Morgan fingerprint density at radius 1 is 0.829 bits per heavy atom. The topological polar surface area (TPSA) is 135 Å². The Morgan fingerprint density at radius 3 is 2.17 bits per heavy atom. The van der Waals surface area contributed by atoms with E-state index in [4.69, 9.17) is 10.8 Å². The fraction of sp³-hybridized carbons (Fsp3) is 0. The van der Waals surface area contributed by atoms with E-state index in [2.05, 4.69) is 20.7 Å². The summed E-state index contributed by atoms with van der Waals surface area (Å²) in [6.45, 7) is 0. The van der Waals surface area contributed by atoms with Crippen molar-refractivity contribution < 1.29 is 14.7 Å². The van der Waals surface area contributed by atoms with Crippen molar-refractivity contribution in [2.75, 3.05) is 16.4 Å². The van der Waals surface area contributed by atoms with Crippen molar-refractivity contribution in [3.8, 4) is 11.1 Å². The van der Waals surface area contributed by atoms with Crippen LogP contribution in [-0.4, -0.2) is 31.6 Å². The van der Waals surface area contributed by atoms with Gasteiger partial charge in [0.15, 0.2) is 5.65 Å². The number of carboxylic acid groups (broad SMARTS) is 1. The Bertz CT molecular complexity index is 1520. The second kappa shape index (κ2) is 8.99. The molecular weight excluding hydrogens is 444 g/mol. The first-order valence-corrected chi connectivity index (χ1v) is 10.7. The third-order valence-corrected chi connectivity index (χ3v) is 5.40. The highest BCUT2D eigenvalue weighted by Gasteiger charge is 2.11. The molecule has 0 aliphatic rings. The predicted molar refractivity (Wildman–Crippen MR) is 134 cm³/mol. The van der Waals surface area contributed by atoms with Crippen LogP contribution in [0.1, 0.15) is 20.7 Å². The van der Waals surface area contributed by atoms with E-state index in [-0.39, 0.29) is 11.5 Å². The number of rotatable bonds is 6. The van der Waals surface area contributed by atoms with Crippen LogP contribution in [0.25, 0.3) is 16.8 Å². The monoisotopic (exact) mass is 464 g/mol. The van der Waals surface area contributed by atoms with Crippen LogP contribution in [-0.2, 0) is 0 Å². The average molecular weight is 464 g/mol. The number of nitrogen functional groups attached to an aromatic ring is 1. The molecule has 1 amide bonds. The first kappa shape index (κ1) is 21.7. The first-order chi connectivity index (χ1) is 17.0. The predicted octanol–water partition coefficient (Wildman–Crippen LogP) is 4.67. The Labute approximate surface area is 199 Å². The normalized spacial score (nSPS) is 10.7. The van der Waals surface area contributed by atoms with E-state index in [0.29, 0.717) is 28.4 Å². The van der Waals surface area contributed by atoms with E-state index in [9.17, 15) is 9.59 Å². The molecule has 5 N–H and O–H groups in total. The zero-order valence-electron chi connectivity index (χ0n) is 18.3. The van der Waals surface area contributed by atoms with Gasteiger partial charge in [0, 0.05) is 34.4 Å². The summed E-state index contributed by atoms with van der Waals surface area (Å²) in [5.41, 5.74) is 10.7. The Kier molecular flexibility index (Phi) is 5.56. The molecular formula is C26H20N6O3. The smallest absolute Gasteiger partial charge is 0.335 e. The zero-order chi connectivity index (χ0) is 24.4. The maximum atomic E-state index is 12.4. The fourth-order valence-electron chi connectivity index (χ4n) is 3.56. The molecule has 5 aromatic rings. The molecule has 9 heteroatoms. The summed E-state index contributed by atoms with van der Waals surface area (Å²) in [4.78, 5) is 28.2. The number of nitrogens with zero attached hydrogens (tertiary/aromatic N) is 3. The van der Waals surface area contributed by atoms with Crippen molar-refractivity contribution in [2.24, 2.45) is 0 Å². The lowest BCUT2D eigenvalue weighted by Crippen LogP contribution is -2.11. The molecule has 5 rings (SSSR count). The molecule has 0 spiro atoms. The summed E-state index contributed by atoms with van der Waals surface area (Å²) in [7, 11) is 0. The number of fused-ring (bicyclic) bond motifs is 1. The highest BCUT2D eigenvalue weighted by Crippen LogP contribution is 2.26. The number of anilines is 4. The van der Waals surface area contributed by atoms with Gasteiger partial charge in [-0.25, -0.2) is 14.3 Å². The van der Waals surface area contributed by atoms with E-state index < -0.39 is 5.97 Å². The molecule has 9 nitrogen and oxygen atoms in total. The second-order valence-electron chi connectivity index (χ2n) is 7.80. The van der Waals surface area contributed by atoms with Gasteiger partial charge >= 0.3 is 5.97 Å². The molecule has 2 heterocycles. The van der Waals surface area contributed by atoms with Crippen LogP contribution in [0.2, 0.25) is 0 Å². The number of nitrogens with two attached hydrogens (primary N) is 1. The van der Waals surface area contributed by atoms with Gasteiger partial charge in [-0.05, 0) is 72.3 Å². The minimum atomic E-state index is -0.975. The number of benzene rings is 3. The van der Waals surface area contributed by atoms with Gasteiger partial charge in [-0.15, -0.1) is 0 Å². The summed E-state index contributed by atoms with van der Waals surface area (Å²) in [5.74, 6) is -0.584. The summed E-state index contributed by atoms with van der Waals surface area (Å²) in [6, 6.07) is 22.4. The van der Waals surface area contributed by atoms with Gasteiger partial charge < -0.3 is 21.5 Å². The zero-order valence-corrected chi connectivity index (χ0v) is 18.3. The highest BCUT2D eigenvalue weighted by molar-refractivity contribution is 6.04. The minimum Gasteiger partial charge on any atom is -0.478 e. The van der Waals surface area contributed by atoms with Gasteiger partial charge in [0.05, 0.1) is 11.8 Å². The molecule has 0 bridgehead atoms. The van der Waals surface area contributed by atoms with Crippen molar-refractivity contribution in [2.45, 2.75) is 0 Å². The molecule has 35 heavy (non-hydrogen) atoms. The molecule has 2 aromatic heterocycles. The number of amides is 1. The van der Waals surface area contributed by atoms with E-state index in [1.807, 2.05) is 12.1 Å². The fourth-order valence-corrected chi connectivity index (χ4v) is 3.56. The molecule has 0 saturated carbocycles. The van der Waals surface area contributed by atoms with Gasteiger partial charge in [0.2, 0.25) is 0 Å². The van der Waals surface area contributed by atoms with Gasteiger partial charge in [-0.2, -0.15) is 5.10 Å². The Morgan fingerprint density at radius 2 is 1.49 bits per heavy atom. The van der Waals surface area contributed by atoms with Crippen molar-refractivity contribution in [1.29, 1.82) is 0 Å². The number of hydrogen-bond acceptors (Lipinski definition) is 6. The van der Waals surface area contributed by atoms with Crippen LogP contribution >= 0.6 is 0 Å². The summed E-state index contributed by atoms with van der Waals surface area (Å²) < 4.78 is 1.65. The Balaban J connectivity index is 1.32.